The summed E-state index contributed by atoms with van der Waals surface area (Å²) >= 11 is 1.32. The van der Waals surface area contributed by atoms with Crippen LogP contribution in [0.25, 0.3) is 0 Å². The van der Waals surface area contributed by atoms with E-state index in [9.17, 15) is 13.2 Å². The summed E-state index contributed by atoms with van der Waals surface area (Å²) in [4.78, 5) is 16.8. The van der Waals surface area contributed by atoms with Crippen molar-refractivity contribution in [3.8, 4) is 0 Å². The molecule has 2 N–H and O–H groups in total. The number of anilines is 1. The van der Waals surface area contributed by atoms with Crippen LogP contribution in [0.5, 0.6) is 0 Å². The van der Waals surface area contributed by atoms with Gasteiger partial charge in [-0.2, -0.15) is 0 Å². The molecular formula is C15H15N3O3S2. The zero-order chi connectivity index (χ0) is 16.3. The van der Waals surface area contributed by atoms with Crippen molar-refractivity contribution in [2.45, 2.75) is 17.7 Å². The van der Waals surface area contributed by atoms with Crippen molar-refractivity contribution < 1.29 is 13.2 Å². The van der Waals surface area contributed by atoms with Crippen LogP contribution < -0.4 is 10.0 Å². The van der Waals surface area contributed by atoms with Crippen molar-refractivity contribution >= 4 is 38.8 Å². The number of amidine groups is 1. The number of aliphatic imine (C=N–C) groups is 1. The van der Waals surface area contributed by atoms with Crippen molar-refractivity contribution in [2.24, 2.45) is 4.99 Å². The second-order valence-electron chi connectivity index (χ2n) is 5.00. The van der Waals surface area contributed by atoms with Crippen molar-refractivity contribution in [1.29, 1.82) is 0 Å². The van der Waals surface area contributed by atoms with Gasteiger partial charge in [-0.25, -0.2) is 8.42 Å². The Hall–Kier alpha value is -2.19. The van der Waals surface area contributed by atoms with Gasteiger partial charge < -0.3 is 5.32 Å². The van der Waals surface area contributed by atoms with Gasteiger partial charge in [0.05, 0.1) is 9.77 Å². The van der Waals surface area contributed by atoms with Crippen LogP contribution in [0.1, 0.15) is 22.5 Å². The van der Waals surface area contributed by atoms with Crippen molar-refractivity contribution in [3.63, 3.8) is 0 Å². The quantitative estimate of drug-likeness (QED) is 0.889. The highest BCUT2D eigenvalue weighted by molar-refractivity contribution is 7.90. The van der Waals surface area contributed by atoms with Crippen LogP contribution in [0.4, 0.5) is 5.69 Å². The molecule has 1 amide bonds. The maximum absolute atomic E-state index is 12.4. The molecule has 0 atom stereocenters. The Morgan fingerprint density at radius 1 is 1.22 bits per heavy atom. The molecule has 1 aliphatic heterocycles. The predicted octanol–water partition coefficient (Wildman–Crippen LogP) is 2.47. The number of rotatable bonds is 4. The predicted molar refractivity (Wildman–Crippen MR) is 90.6 cm³/mol. The number of hydrogen-bond acceptors (Lipinski definition) is 5. The monoisotopic (exact) mass is 349 g/mol. The molecule has 2 heterocycles. The van der Waals surface area contributed by atoms with E-state index in [0.717, 1.165) is 6.42 Å². The molecule has 1 aromatic heterocycles. The Morgan fingerprint density at radius 2 is 2.09 bits per heavy atom. The van der Waals surface area contributed by atoms with E-state index in [-0.39, 0.29) is 10.8 Å². The first-order chi connectivity index (χ1) is 11.0. The van der Waals surface area contributed by atoms with Gasteiger partial charge in [0.15, 0.2) is 0 Å². The number of thiophene rings is 1. The Balaban J connectivity index is 1.78. The van der Waals surface area contributed by atoms with E-state index in [1.54, 1.807) is 24.3 Å². The van der Waals surface area contributed by atoms with E-state index in [1.807, 2.05) is 5.38 Å². The fraction of sp³-hybridized carbons (Fsp3) is 0.200. The minimum atomic E-state index is -3.69. The molecule has 8 heteroatoms. The lowest BCUT2D eigenvalue weighted by molar-refractivity contribution is 0.103. The van der Waals surface area contributed by atoms with Crippen molar-refractivity contribution in [1.82, 2.24) is 4.72 Å². The molecule has 1 aromatic carbocycles. The average Bonchev–Trinajstić information content (AvgIpc) is 3.20. The van der Waals surface area contributed by atoms with Crippen molar-refractivity contribution in [2.75, 3.05) is 11.9 Å². The Labute approximate surface area is 138 Å². The van der Waals surface area contributed by atoms with Crippen LogP contribution in [0, 0.1) is 0 Å². The topological polar surface area (TPSA) is 87.6 Å². The summed E-state index contributed by atoms with van der Waals surface area (Å²) in [5.41, 5.74) is 0.430. The fourth-order valence-corrected chi connectivity index (χ4v) is 3.93. The highest BCUT2D eigenvalue weighted by atomic mass is 32.2. The normalized spacial score (nSPS) is 14.3. The third kappa shape index (κ3) is 3.77. The van der Waals surface area contributed by atoms with Crippen molar-refractivity contribution in [3.05, 3.63) is 46.7 Å². The Bertz CT molecular complexity index is 843. The third-order valence-corrected chi connectivity index (χ3v) is 5.52. The van der Waals surface area contributed by atoms with Crippen LogP contribution in [0.15, 0.2) is 51.7 Å². The van der Waals surface area contributed by atoms with E-state index >= 15 is 0 Å². The van der Waals surface area contributed by atoms with E-state index in [4.69, 9.17) is 0 Å². The summed E-state index contributed by atoms with van der Waals surface area (Å²) in [7, 11) is -3.69. The molecule has 2 aromatic rings. The standard InChI is InChI=1S/C15H15N3O3S2/c19-15(13-6-3-9-22-13)17-11-4-1-5-12(10-11)23(20,21)18-14-7-2-8-16-14/h1,3-6,9-10H,2,7-8H2,(H,16,18)(H,17,19). The zero-order valence-electron chi connectivity index (χ0n) is 12.2. The van der Waals surface area contributed by atoms with Gasteiger partial charge in [-0.3, -0.25) is 14.5 Å². The second-order valence-corrected chi connectivity index (χ2v) is 7.63. The number of nitrogens with one attached hydrogen (secondary N) is 2. The first kappa shape index (κ1) is 15.7. The highest BCUT2D eigenvalue weighted by Gasteiger charge is 2.19. The molecule has 0 bridgehead atoms. The number of carbonyl (C=O) groups is 1. The molecule has 3 rings (SSSR count). The number of carbonyl (C=O) groups excluding carboxylic acids is 1. The maximum atomic E-state index is 12.4. The number of amides is 1. The Kier molecular flexibility index (Phi) is 4.44. The number of nitrogens with zero attached hydrogens (tertiary/aromatic N) is 1. The van der Waals surface area contributed by atoms with Gasteiger partial charge in [0.1, 0.15) is 5.84 Å². The molecule has 23 heavy (non-hydrogen) atoms. The number of benzene rings is 1. The van der Waals surface area contributed by atoms with Gasteiger partial charge in [0, 0.05) is 18.7 Å². The van der Waals surface area contributed by atoms with Crippen LogP contribution in [0.3, 0.4) is 0 Å². The van der Waals surface area contributed by atoms with Crippen LogP contribution in [-0.2, 0) is 10.0 Å². The van der Waals surface area contributed by atoms with Gasteiger partial charge in [-0.15, -0.1) is 11.3 Å². The summed E-state index contributed by atoms with van der Waals surface area (Å²) in [6, 6.07) is 9.65. The van der Waals surface area contributed by atoms with Gasteiger partial charge in [0.25, 0.3) is 15.9 Å². The van der Waals surface area contributed by atoms with E-state index < -0.39 is 10.0 Å². The van der Waals surface area contributed by atoms with Gasteiger partial charge in [0.2, 0.25) is 0 Å². The molecule has 6 nitrogen and oxygen atoms in total. The van der Waals surface area contributed by atoms with E-state index in [1.165, 1.54) is 23.5 Å². The molecule has 0 saturated heterocycles. The molecule has 120 valence electrons. The minimum Gasteiger partial charge on any atom is -0.321 e. The molecule has 0 aliphatic carbocycles. The lowest BCUT2D eigenvalue weighted by Gasteiger charge is -2.09. The van der Waals surface area contributed by atoms with Crippen LogP contribution in [-0.4, -0.2) is 26.7 Å². The van der Waals surface area contributed by atoms with Gasteiger partial charge in [-0.1, -0.05) is 12.1 Å². The first-order valence-electron chi connectivity index (χ1n) is 7.06. The summed E-state index contributed by atoms with van der Waals surface area (Å²) in [5, 5.41) is 4.51. The summed E-state index contributed by atoms with van der Waals surface area (Å²) in [6.45, 7) is 0.648. The second kappa shape index (κ2) is 6.51. The fourth-order valence-electron chi connectivity index (χ4n) is 2.18. The lowest BCUT2D eigenvalue weighted by atomic mass is 10.3. The molecule has 0 spiro atoms. The van der Waals surface area contributed by atoms with E-state index in [0.29, 0.717) is 29.4 Å². The molecule has 0 radical (unpaired) electrons. The SMILES string of the molecule is O=C(Nc1cccc(S(=O)(=O)NC2=NCCC2)c1)c1cccs1. The first-order valence-corrected chi connectivity index (χ1v) is 9.42. The molecule has 0 unspecified atom stereocenters. The summed E-state index contributed by atoms with van der Waals surface area (Å²) < 4.78 is 27.2. The minimum absolute atomic E-state index is 0.0936. The smallest absolute Gasteiger partial charge is 0.265 e. The molecule has 1 aliphatic rings. The van der Waals surface area contributed by atoms with E-state index in [2.05, 4.69) is 15.0 Å². The summed E-state index contributed by atoms with van der Waals surface area (Å²) in [6.07, 6.45) is 1.49. The highest BCUT2D eigenvalue weighted by Crippen LogP contribution is 2.18. The largest absolute Gasteiger partial charge is 0.321 e. The molecule has 0 fully saturated rings. The zero-order valence-corrected chi connectivity index (χ0v) is 13.8. The third-order valence-electron chi connectivity index (χ3n) is 3.27. The van der Waals surface area contributed by atoms with Gasteiger partial charge in [-0.05, 0) is 36.1 Å². The number of hydrogen-bond donors (Lipinski definition) is 2. The van der Waals surface area contributed by atoms with Gasteiger partial charge >= 0.3 is 0 Å². The van der Waals surface area contributed by atoms with Crippen LogP contribution >= 0.6 is 11.3 Å². The maximum Gasteiger partial charge on any atom is 0.265 e. The summed E-state index contributed by atoms with van der Waals surface area (Å²) in [5.74, 6) is 0.223. The van der Waals surface area contributed by atoms with Crippen LogP contribution in [0.2, 0.25) is 0 Å². The Morgan fingerprint density at radius 3 is 2.78 bits per heavy atom. The molecule has 0 saturated carbocycles. The average molecular weight is 349 g/mol. The number of sulfonamides is 1. The molecular weight excluding hydrogens is 334 g/mol. The lowest BCUT2D eigenvalue weighted by Crippen LogP contribution is -2.29.